The van der Waals surface area contributed by atoms with E-state index in [9.17, 15) is 0 Å². The lowest BCUT2D eigenvalue weighted by molar-refractivity contribution is 0.858. The van der Waals surface area contributed by atoms with Crippen LogP contribution in [0.1, 0.15) is 5.82 Å². The van der Waals surface area contributed by atoms with Crippen molar-refractivity contribution in [3.8, 4) is 0 Å². The maximum atomic E-state index is 4.50. The Morgan fingerprint density at radius 1 is 1.56 bits per heavy atom. The highest BCUT2D eigenvalue weighted by Crippen LogP contribution is 1.86. The van der Waals surface area contributed by atoms with Gasteiger partial charge in [-0.25, -0.2) is 4.98 Å². The normalized spacial score (nSPS) is 8.00. The van der Waals surface area contributed by atoms with Gasteiger partial charge in [0.05, 0.1) is 0 Å². The molecule has 9 heavy (non-hydrogen) atoms. The lowest BCUT2D eigenvalue weighted by Gasteiger charge is -1.87. The molecule has 0 amide bonds. The second-order valence-electron chi connectivity index (χ2n) is 1.59. The number of imidazole rings is 1. The summed E-state index contributed by atoms with van der Waals surface area (Å²) in [6.45, 7) is 1.97. The molecule has 0 fully saturated rings. The first-order valence-electron chi connectivity index (χ1n) is 2.82. The van der Waals surface area contributed by atoms with Crippen LogP contribution in [-0.2, 0) is 7.05 Å². The Kier molecular flexibility index (Phi) is 3.71. The first-order valence-corrected chi connectivity index (χ1v) is 2.82. The topological polar surface area (TPSA) is 43.8 Å². The molecule has 1 aromatic rings. The number of nitrogens with zero attached hydrogens (tertiary/aromatic N) is 2. The van der Waals surface area contributed by atoms with Crippen molar-refractivity contribution >= 4 is 0 Å². The summed E-state index contributed by atoms with van der Waals surface area (Å²) in [6, 6.07) is 0. The van der Waals surface area contributed by atoms with Crippen molar-refractivity contribution < 1.29 is 0 Å². The van der Waals surface area contributed by atoms with Crippen molar-refractivity contribution in [1.29, 1.82) is 0 Å². The smallest absolute Gasteiger partial charge is 0.105 e. The molecule has 0 unspecified atom stereocenters. The number of hydrogen-bond acceptors (Lipinski definition) is 2. The molecule has 0 saturated carbocycles. The highest BCUT2D eigenvalue weighted by molar-refractivity contribution is 4.85. The van der Waals surface area contributed by atoms with E-state index in [1.54, 1.807) is 6.20 Å². The molecule has 1 aromatic heterocycles. The zero-order valence-corrected chi connectivity index (χ0v) is 6.13. The van der Waals surface area contributed by atoms with Crippen LogP contribution in [0.5, 0.6) is 0 Å². The van der Waals surface area contributed by atoms with Gasteiger partial charge in [-0.05, 0) is 14.0 Å². The predicted molar refractivity (Wildman–Crippen MR) is 38.1 cm³/mol. The van der Waals surface area contributed by atoms with Crippen LogP contribution in [0.2, 0.25) is 0 Å². The Balaban J connectivity index is 0.000000291. The van der Waals surface area contributed by atoms with Crippen molar-refractivity contribution in [2.75, 3.05) is 7.05 Å². The van der Waals surface area contributed by atoms with Crippen LogP contribution < -0.4 is 5.73 Å². The summed E-state index contributed by atoms with van der Waals surface area (Å²) >= 11 is 0. The fraction of sp³-hybridized carbons (Fsp3) is 0.500. The zero-order chi connectivity index (χ0) is 7.28. The van der Waals surface area contributed by atoms with Crippen LogP contribution in [0.25, 0.3) is 0 Å². The van der Waals surface area contributed by atoms with E-state index in [0.29, 0.717) is 0 Å². The van der Waals surface area contributed by atoms with Crippen LogP contribution in [0.3, 0.4) is 0 Å². The Labute approximate surface area is 55.5 Å². The molecule has 1 rings (SSSR count). The van der Waals surface area contributed by atoms with E-state index in [4.69, 9.17) is 0 Å². The minimum atomic E-state index is 1.06. The maximum absolute atomic E-state index is 4.50. The van der Waals surface area contributed by atoms with Gasteiger partial charge in [0.1, 0.15) is 5.82 Å². The van der Waals surface area contributed by atoms with Crippen molar-refractivity contribution in [1.82, 2.24) is 9.55 Å². The summed E-state index contributed by atoms with van der Waals surface area (Å²) < 4.78 is 1.97. The molecule has 0 spiro atoms. The molecule has 0 radical (unpaired) electrons. The van der Waals surface area contributed by atoms with Gasteiger partial charge in [0.25, 0.3) is 0 Å². The second kappa shape index (κ2) is 4.09. The summed E-state index contributed by atoms with van der Waals surface area (Å²) in [5, 5.41) is 0. The third-order valence-electron chi connectivity index (χ3n) is 1.06. The van der Waals surface area contributed by atoms with E-state index in [1.165, 1.54) is 7.05 Å². The molecule has 2 N–H and O–H groups in total. The summed E-state index contributed by atoms with van der Waals surface area (Å²) in [5.41, 5.74) is 4.50. The molecule has 3 heteroatoms. The van der Waals surface area contributed by atoms with Crippen LogP contribution in [-0.4, -0.2) is 16.6 Å². The average molecular weight is 127 g/mol. The van der Waals surface area contributed by atoms with Crippen molar-refractivity contribution in [3.05, 3.63) is 18.2 Å². The van der Waals surface area contributed by atoms with Gasteiger partial charge < -0.3 is 10.3 Å². The fourth-order valence-electron chi connectivity index (χ4n) is 0.440. The first-order chi connectivity index (χ1) is 4.30. The average Bonchev–Trinajstić information content (AvgIpc) is 2.23. The molecule has 52 valence electrons. The fourth-order valence-corrected chi connectivity index (χ4v) is 0.440. The Morgan fingerprint density at radius 2 is 2.11 bits per heavy atom. The van der Waals surface area contributed by atoms with E-state index >= 15 is 0 Å². The van der Waals surface area contributed by atoms with Gasteiger partial charge in [0.2, 0.25) is 0 Å². The molecule has 0 aromatic carbocycles. The van der Waals surface area contributed by atoms with E-state index in [-0.39, 0.29) is 0 Å². The first kappa shape index (κ1) is 8.17. The number of aryl methyl sites for hydroxylation is 2. The lowest BCUT2D eigenvalue weighted by atomic mass is 10.7. The van der Waals surface area contributed by atoms with Gasteiger partial charge in [0.15, 0.2) is 0 Å². The van der Waals surface area contributed by atoms with Gasteiger partial charge in [-0.15, -0.1) is 0 Å². The number of hydrogen-bond donors (Lipinski definition) is 1. The van der Waals surface area contributed by atoms with Crippen molar-refractivity contribution in [2.24, 2.45) is 12.8 Å². The highest BCUT2D eigenvalue weighted by Gasteiger charge is 1.83. The summed E-state index contributed by atoms with van der Waals surface area (Å²) in [4.78, 5) is 3.98. The summed E-state index contributed by atoms with van der Waals surface area (Å²) in [6.07, 6.45) is 3.71. The maximum Gasteiger partial charge on any atom is 0.105 e. The minimum absolute atomic E-state index is 1.06. The molecule has 3 nitrogen and oxygen atoms in total. The van der Waals surface area contributed by atoms with E-state index in [2.05, 4.69) is 10.7 Å². The van der Waals surface area contributed by atoms with E-state index in [0.717, 1.165) is 5.82 Å². The monoisotopic (exact) mass is 127 g/mol. The molecule has 0 atom stereocenters. The summed E-state index contributed by atoms with van der Waals surface area (Å²) in [5.74, 6) is 1.06. The van der Waals surface area contributed by atoms with Gasteiger partial charge in [0, 0.05) is 19.4 Å². The number of rotatable bonds is 0. The largest absolute Gasteiger partial charge is 0.338 e. The minimum Gasteiger partial charge on any atom is -0.338 e. The molecule has 0 aliphatic rings. The van der Waals surface area contributed by atoms with Crippen LogP contribution >= 0.6 is 0 Å². The van der Waals surface area contributed by atoms with E-state index in [1.807, 2.05) is 24.7 Å². The van der Waals surface area contributed by atoms with E-state index < -0.39 is 0 Å². The Hall–Kier alpha value is -0.830. The van der Waals surface area contributed by atoms with Crippen molar-refractivity contribution in [2.45, 2.75) is 6.92 Å². The van der Waals surface area contributed by atoms with Gasteiger partial charge >= 0.3 is 0 Å². The molecule has 0 aliphatic heterocycles. The van der Waals surface area contributed by atoms with Gasteiger partial charge in [-0.2, -0.15) is 0 Å². The zero-order valence-electron chi connectivity index (χ0n) is 6.13. The molecular formula is C6H13N3. The van der Waals surface area contributed by atoms with Gasteiger partial charge in [-0.3, -0.25) is 0 Å². The lowest BCUT2D eigenvalue weighted by Crippen LogP contribution is -1.86. The molecule has 1 heterocycles. The molecular weight excluding hydrogens is 114 g/mol. The number of aromatic nitrogens is 2. The SMILES string of the molecule is CN.Cc1nccn1C. The van der Waals surface area contributed by atoms with Crippen molar-refractivity contribution in [3.63, 3.8) is 0 Å². The van der Waals surface area contributed by atoms with Gasteiger partial charge in [-0.1, -0.05) is 0 Å². The van der Waals surface area contributed by atoms with Crippen LogP contribution in [0, 0.1) is 6.92 Å². The third kappa shape index (κ3) is 2.28. The standard InChI is InChI=1S/C5H8N2.CH5N/c1-5-6-3-4-7(5)2;1-2/h3-4H,1-2H3;2H2,1H3. The van der Waals surface area contributed by atoms with Crippen LogP contribution in [0.15, 0.2) is 12.4 Å². The van der Waals surface area contributed by atoms with Crippen LogP contribution in [0.4, 0.5) is 0 Å². The second-order valence-corrected chi connectivity index (χ2v) is 1.59. The Bertz CT molecular complexity index is 141. The molecule has 0 bridgehead atoms. The summed E-state index contributed by atoms with van der Waals surface area (Å²) in [7, 11) is 3.47. The predicted octanol–water partition coefficient (Wildman–Crippen LogP) is 0.303. The molecule has 0 saturated heterocycles. The molecule has 0 aliphatic carbocycles. The highest BCUT2D eigenvalue weighted by atomic mass is 15.0. The number of nitrogens with two attached hydrogens (primary N) is 1. The third-order valence-corrected chi connectivity index (χ3v) is 1.06. The quantitative estimate of drug-likeness (QED) is 0.545. The Morgan fingerprint density at radius 3 is 2.22 bits per heavy atom.